The Morgan fingerprint density at radius 1 is 1.29 bits per heavy atom. The van der Waals surface area contributed by atoms with Crippen LogP contribution in [-0.2, 0) is 9.53 Å². The van der Waals surface area contributed by atoms with E-state index >= 15 is 0 Å². The molecule has 0 saturated carbocycles. The van der Waals surface area contributed by atoms with Crippen LogP contribution in [0.4, 0.5) is 0 Å². The Bertz CT molecular complexity index is 1120. The molecule has 0 aliphatic carbocycles. The van der Waals surface area contributed by atoms with Crippen LogP contribution in [0.1, 0.15) is 44.4 Å². The first-order chi connectivity index (χ1) is 13.4. The first-order valence-corrected chi connectivity index (χ1v) is 9.18. The van der Waals surface area contributed by atoms with Crippen molar-refractivity contribution in [3.05, 3.63) is 68.4 Å². The summed E-state index contributed by atoms with van der Waals surface area (Å²) in [5.41, 5.74) is 2.84. The van der Waals surface area contributed by atoms with Crippen molar-refractivity contribution in [2.24, 2.45) is 0 Å². The minimum absolute atomic E-state index is 0.162. The van der Waals surface area contributed by atoms with E-state index in [9.17, 15) is 14.9 Å². The number of benzene rings is 1. The van der Waals surface area contributed by atoms with E-state index in [0.29, 0.717) is 51.3 Å². The number of hydrogen-bond donors (Lipinski definition) is 1. The van der Waals surface area contributed by atoms with Crippen LogP contribution in [0.5, 0.6) is 0 Å². The van der Waals surface area contributed by atoms with Crippen LogP contribution in [0.15, 0.2) is 56.0 Å². The smallest absolute Gasteiger partial charge is 0.336 e. The number of nitrogens with zero attached hydrogens (tertiary/aromatic N) is 1. The Kier molecular flexibility index (Phi) is 5.36. The number of esters is 1. The van der Waals surface area contributed by atoms with E-state index in [2.05, 4.69) is 11.4 Å². The minimum atomic E-state index is -0.677. The summed E-state index contributed by atoms with van der Waals surface area (Å²) in [7, 11) is 0. The van der Waals surface area contributed by atoms with E-state index < -0.39 is 11.9 Å². The number of allylic oxidation sites excluding steroid dienone is 3. The van der Waals surface area contributed by atoms with Gasteiger partial charge < -0.3 is 14.5 Å². The third-order valence-corrected chi connectivity index (χ3v) is 4.76. The lowest BCUT2D eigenvalue weighted by molar-refractivity contribution is -0.139. The molecule has 0 fully saturated rings. The van der Waals surface area contributed by atoms with Gasteiger partial charge in [0.05, 0.1) is 35.1 Å². The minimum Gasteiger partial charge on any atom is -0.462 e. The standard InChI is InChI=1S/C22H22N2O4/c1-5-9-27-22(26)19-14(4)24-13(3)17(11-23)20(19)16-8-6-7-15-18(25)10-12(2)28-21(15)16/h6-8,10,20,24H,5,9H2,1-4H3. The number of fused-ring (bicyclic) bond motifs is 1. The van der Waals surface area contributed by atoms with Gasteiger partial charge >= 0.3 is 5.97 Å². The molecule has 0 radical (unpaired) electrons. The first-order valence-electron chi connectivity index (χ1n) is 9.18. The molecule has 28 heavy (non-hydrogen) atoms. The Hall–Kier alpha value is -3.33. The molecule has 144 valence electrons. The fraction of sp³-hybridized carbons (Fsp3) is 0.318. The number of rotatable bonds is 4. The zero-order valence-electron chi connectivity index (χ0n) is 16.4. The van der Waals surface area contributed by atoms with E-state index in [1.165, 1.54) is 6.07 Å². The van der Waals surface area contributed by atoms with Crippen LogP contribution in [0.2, 0.25) is 0 Å². The highest BCUT2D eigenvalue weighted by Gasteiger charge is 2.35. The lowest BCUT2D eigenvalue weighted by Gasteiger charge is -2.28. The first kappa shape index (κ1) is 19.4. The highest BCUT2D eigenvalue weighted by atomic mass is 16.5. The number of dihydropyridines is 1. The van der Waals surface area contributed by atoms with Gasteiger partial charge in [0, 0.05) is 23.0 Å². The second kappa shape index (κ2) is 7.73. The fourth-order valence-corrected chi connectivity index (χ4v) is 3.54. The maximum absolute atomic E-state index is 12.8. The van der Waals surface area contributed by atoms with Gasteiger partial charge in [-0.25, -0.2) is 4.79 Å². The number of nitrogens with one attached hydrogen (secondary N) is 1. The van der Waals surface area contributed by atoms with E-state index in [1.807, 2.05) is 6.92 Å². The van der Waals surface area contributed by atoms with E-state index in [-0.39, 0.29) is 12.0 Å². The van der Waals surface area contributed by atoms with Gasteiger partial charge in [0.15, 0.2) is 5.43 Å². The van der Waals surface area contributed by atoms with Crippen LogP contribution in [0, 0.1) is 18.3 Å². The molecule has 2 aromatic rings. The lowest BCUT2D eigenvalue weighted by atomic mass is 9.80. The molecular formula is C22H22N2O4. The van der Waals surface area contributed by atoms with E-state index in [4.69, 9.17) is 9.15 Å². The largest absolute Gasteiger partial charge is 0.462 e. The van der Waals surface area contributed by atoms with Gasteiger partial charge in [-0.2, -0.15) is 5.26 Å². The molecular weight excluding hydrogens is 356 g/mol. The summed E-state index contributed by atoms with van der Waals surface area (Å²) >= 11 is 0. The molecule has 1 aliphatic rings. The second-order valence-corrected chi connectivity index (χ2v) is 6.83. The van der Waals surface area contributed by atoms with E-state index in [0.717, 1.165) is 0 Å². The molecule has 1 unspecified atom stereocenters. The van der Waals surface area contributed by atoms with Crippen molar-refractivity contribution >= 4 is 16.9 Å². The number of para-hydroxylation sites is 1. The highest BCUT2D eigenvalue weighted by molar-refractivity contribution is 5.94. The number of ether oxygens (including phenoxy) is 1. The predicted molar refractivity (Wildman–Crippen MR) is 105 cm³/mol. The second-order valence-electron chi connectivity index (χ2n) is 6.83. The Morgan fingerprint density at radius 3 is 2.71 bits per heavy atom. The number of hydrogen-bond acceptors (Lipinski definition) is 6. The molecule has 0 saturated heterocycles. The van der Waals surface area contributed by atoms with Crippen LogP contribution in [-0.4, -0.2) is 12.6 Å². The van der Waals surface area contributed by atoms with Crippen LogP contribution in [0.3, 0.4) is 0 Å². The normalized spacial score (nSPS) is 16.8. The highest BCUT2D eigenvalue weighted by Crippen LogP contribution is 2.40. The SMILES string of the molecule is CCCOC(=O)C1=C(C)NC(C)=C(C#N)C1c1cccc2c(=O)cc(C)oc12. The van der Waals surface area contributed by atoms with Crippen LogP contribution in [0.25, 0.3) is 11.0 Å². The fourth-order valence-electron chi connectivity index (χ4n) is 3.54. The molecule has 0 bridgehead atoms. The van der Waals surface area contributed by atoms with Crippen molar-refractivity contribution in [1.82, 2.24) is 5.32 Å². The van der Waals surface area contributed by atoms with Gasteiger partial charge in [-0.3, -0.25) is 4.79 Å². The average molecular weight is 378 g/mol. The van der Waals surface area contributed by atoms with Crippen molar-refractivity contribution in [1.29, 1.82) is 5.26 Å². The molecule has 6 nitrogen and oxygen atoms in total. The van der Waals surface area contributed by atoms with Gasteiger partial charge in [-0.15, -0.1) is 0 Å². The molecule has 1 aromatic carbocycles. The number of nitriles is 1. The van der Waals surface area contributed by atoms with Crippen LogP contribution >= 0.6 is 0 Å². The quantitative estimate of drug-likeness (QED) is 0.813. The number of carbonyl (C=O) groups is 1. The van der Waals surface area contributed by atoms with Gasteiger partial charge in [-0.1, -0.05) is 19.1 Å². The van der Waals surface area contributed by atoms with Crippen molar-refractivity contribution < 1.29 is 13.9 Å². The topological polar surface area (TPSA) is 92.3 Å². The summed E-state index contributed by atoms with van der Waals surface area (Å²) < 4.78 is 11.3. The summed E-state index contributed by atoms with van der Waals surface area (Å²) in [6.07, 6.45) is 0.693. The van der Waals surface area contributed by atoms with Crippen molar-refractivity contribution in [2.75, 3.05) is 6.61 Å². The average Bonchev–Trinajstić information content (AvgIpc) is 2.65. The van der Waals surface area contributed by atoms with Gasteiger partial charge in [0.1, 0.15) is 11.3 Å². The van der Waals surface area contributed by atoms with Crippen molar-refractivity contribution in [2.45, 2.75) is 40.0 Å². The van der Waals surface area contributed by atoms with Crippen molar-refractivity contribution in [3.63, 3.8) is 0 Å². The molecule has 1 atom stereocenters. The predicted octanol–water partition coefficient (Wildman–Crippen LogP) is 3.81. The van der Waals surface area contributed by atoms with Crippen molar-refractivity contribution in [3.8, 4) is 6.07 Å². The summed E-state index contributed by atoms with van der Waals surface area (Å²) in [4.78, 5) is 25.3. The number of aryl methyl sites for hydroxylation is 1. The van der Waals surface area contributed by atoms with E-state index in [1.54, 1.807) is 39.0 Å². The molecule has 0 amide bonds. The summed E-state index contributed by atoms with van der Waals surface area (Å²) in [5, 5.41) is 13.3. The summed E-state index contributed by atoms with van der Waals surface area (Å²) in [6, 6.07) is 8.84. The zero-order chi connectivity index (χ0) is 20.4. The molecule has 3 rings (SSSR count). The molecule has 1 N–H and O–H groups in total. The van der Waals surface area contributed by atoms with Gasteiger partial charge in [-0.05, 0) is 33.3 Å². The summed E-state index contributed by atoms with van der Waals surface area (Å²) in [5.74, 6) is -0.692. The number of carbonyl (C=O) groups excluding carboxylic acids is 1. The third kappa shape index (κ3) is 3.31. The molecule has 1 aromatic heterocycles. The molecule has 6 heteroatoms. The Morgan fingerprint density at radius 2 is 2.04 bits per heavy atom. The third-order valence-electron chi connectivity index (χ3n) is 4.76. The van der Waals surface area contributed by atoms with Crippen LogP contribution < -0.4 is 10.7 Å². The summed E-state index contributed by atoms with van der Waals surface area (Å²) in [6.45, 7) is 7.47. The lowest BCUT2D eigenvalue weighted by Crippen LogP contribution is -2.29. The molecule has 0 spiro atoms. The molecule has 1 aliphatic heterocycles. The maximum atomic E-state index is 12.8. The molecule has 2 heterocycles. The van der Waals surface area contributed by atoms with Gasteiger partial charge in [0.25, 0.3) is 0 Å². The Balaban J connectivity index is 2.30. The zero-order valence-corrected chi connectivity index (χ0v) is 16.4. The Labute approximate surface area is 163 Å². The maximum Gasteiger partial charge on any atom is 0.336 e. The monoisotopic (exact) mass is 378 g/mol. The van der Waals surface area contributed by atoms with Gasteiger partial charge in [0.2, 0.25) is 0 Å².